The van der Waals surface area contributed by atoms with Gasteiger partial charge < -0.3 is 10.2 Å². The first-order valence-electron chi connectivity index (χ1n) is 4.75. The molecule has 1 aromatic carbocycles. The lowest BCUT2D eigenvalue weighted by atomic mass is 10.0. The summed E-state index contributed by atoms with van der Waals surface area (Å²) in [5, 5.41) is 4.14. The van der Waals surface area contributed by atoms with Crippen LogP contribution in [0.4, 0.5) is 0 Å². The Bertz CT molecular complexity index is 360. The van der Waals surface area contributed by atoms with Crippen LogP contribution >= 0.6 is 0 Å². The second-order valence-corrected chi connectivity index (χ2v) is 3.56. The molecule has 14 heavy (non-hydrogen) atoms. The molecule has 1 heterocycles. The lowest BCUT2D eigenvalue weighted by Crippen LogP contribution is -2.21. The molecule has 1 aromatic rings. The van der Waals surface area contributed by atoms with Gasteiger partial charge in [0, 0.05) is 11.6 Å². The van der Waals surface area contributed by atoms with Gasteiger partial charge in [0.25, 0.3) is 0 Å². The van der Waals surface area contributed by atoms with Crippen LogP contribution < -0.4 is 10.2 Å². The van der Waals surface area contributed by atoms with Crippen LogP contribution in [0.1, 0.15) is 18.1 Å². The van der Waals surface area contributed by atoms with E-state index in [1.807, 2.05) is 18.3 Å². The highest BCUT2D eigenvalue weighted by atomic mass is 16.5. The lowest BCUT2D eigenvalue weighted by Gasteiger charge is -2.09. The van der Waals surface area contributed by atoms with Crippen LogP contribution in [0, 0.1) is 0 Å². The lowest BCUT2D eigenvalue weighted by molar-refractivity contribution is 0.414. The molecule has 3 nitrogen and oxygen atoms in total. The number of nitrogens with one attached hydrogen (secondary N) is 1. The molecular weight excluding hydrogens is 176 g/mol. The number of methoxy groups -OCH3 is 1. The van der Waals surface area contributed by atoms with Crippen LogP contribution in [0.15, 0.2) is 23.3 Å². The molecule has 3 heteroatoms. The molecular formula is C11H14N2O. The Kier molecular flexibility index (Phi) is 2.39. The Morgan fingerprint density at radius 3 is 3.14 bits per heavy atom. The fourth-order valence-corrected chi connectivity index (χ4v) is 1.62. The smallest absolute Gasteiger partial charge is 0.119 e. The second kappa shape index (κ2) is 3.70. The topological polar surface area (TPSA) is 33.6 Å². The van der Waals surface area contributed by atoms with Gasteiger partial charge in [-0.1, -0.05) is 6.07 Å². The Morgan fingerprint density at radius 2 is 2.36 bits per heavy atom. The minimum absolute atomic E-state index is 0.390. The highest BCUT2D eigenvalue weighted by Gasteiger charge is 2.09. The Hall–Kier alpha value is -1.51. The summed E-state index contributed by atoms with van der Waals surface area (Å²) in [6, 6.07) is 6.49. The van der Waals surface area contributed by atoms with Gasteiger partial charge in [0.15, 0.2) is 0 Å². The zero-order chi connectivity index (χ0) is 9.97. The summed E-state index contributed by atoms with van der Waals surface area (Å²) in [7, 11) is 1.68. The molecule has 0 aliphatic carbocycles. The Morgan fingerprint density at radius 1 is 1.50 bits per heavy atom. The van der Waals surface area contributed by atoms with Gasteiger partial charge in [0.1, 0.15) is 5.75 Å². The molecule has 0 bridgehead atoms. The maximum Gasteiger partial charge on any atom is 0.119 e. The fourth-order valence-electron chi connectivity index (χ4n) is 1.62. The molecule has 0 aromatic heterocycles. The Balaban J connectivity index is 2.39. The normalized spacial score (nSPS) is 19.4. The van der Waals surface area contributed by atoms with Crippen LogP contribution in [0.2, 0.25) is 0 Å². The van der Waals surface area contributed by atoms with E-state index >= 15 is 0 Å². The van der Waals surface area contributed by atoms with Crippen LogP contribution in [0.5, 0.6) is 5.75 Å². The predicted molar refractivity (Wildman–Crippen MR) is 56.9 cm³/mol. The van der Waals surface area contributed by atoms with Crippen molar-refractivity contribution in [3.05, 3.63) is 29.3 Å². The molecule has 74 valence electrons. The van der Waals surface area contributed by atoms with Crippen molar-refractivity contribution in [2.45, 2.75) is 19.4 Å². The van der Waals surface area contributed by atoms with Crippen molar-refractivity contribution in [3.8, 4) is 5.75 Å². The summed E-state index contributed by atoms with van der Waals surface area (Å²) < 4.78 is 5.17. The molecule has 1 N–H and O–H groups in total. The van der Waals surface area contributed by atoms with E-state index in [9.17, 15) is 0 Å². The number of rotatable bonds is 1. The fraction of sp³-hybridized carbons (Fsp3) is 0.364. The third-order valence-corrected chi connectivity index (χ3v) is 2.38. The van der Waals surface area contributed by atoms with Gasteiger partial charge in [-0.15, -0.1) is 0 Å². The molecule has 0 saturated heterocycles. The van der Waals surface area contributed by atoms with Gasteiger partial charge in [0.05, 0.1) is 13.3 Å². The van der Waals surface area contributed by atoms with Crippen LogP contribution in [-0.4, -0.2) is 19.4 Å². The molecule has 1 aliphatic rings. The van der Waals surface area contributed by atoms with Crippen molar-refractivity contribution < 1.29 is 4.74 Å². The highest BCUT2D eigenvalue weighted by Crippen LogP contribution is 2.18. The summed E-state index contributed by atoms with van der Waals surface area (Å²) in [5.41, 5.74) is 5.51. The Labute approximate surface area is 83.8 Å². The van der Waals surface area contributed by atoms with E-state index in [1.54, 1.807) is 7.11 Å². The first kappa shape index (κ1) is 9.06. The van der Waals surface area contributed by atoms with Crippen molar-refractivity contribution in [2.75, 3.05) is 7.11 Å². The molecule has 0 radical (unpaired) electrons. The van der Waals surface area contributed by atoms with E-state index in [-0.39, 0.29) is 0 Å². The summed E-state index contributed by atoms with van der Waals surface area (Å²) in [6.45, 7) is 2.12. The number of nitrogens with zero attached hydrogens (tertiary/aromatic N) is 1. The van der Waals surface area contributed by atoms with Gasteiger partial charge in [-0.2, -0.15) is 5.10 Å². The molecule has 2 rings (SSSR count). The zero-order valence-corrected chi connectivity index (χ0v) is 8.45. The van der Waals surface area contributed by atoms with E-state index in [1.165, 1.54) is 5.56 Å². The number of fused-ring (bicyclic) bond motifs is 1. The molecule has 0 amide bonds. The number of hydrogen-bond donors (Lipinski definition) is 1. The standard InChI is InChI=1S/C11H14N2O/c1-8-5-9-3-4-11(14-2)6-10(9)7-12-13-8/h3-4,6-8,13H,5H2,1-2H3. The van der Waals surface area contributed by atoms with E-state index in [4.69, 9.17) is 4.74 Å². The van der Waals surface area contributed by atoms with Gasteiger partial charge in [-0.25, -0.2) is 0 Å². The number of hydrogen-bond acceptors (Lipinski definition) is 3. The third kappa shape index (κ3) is 1.71. The van der Waals surface area contributed by atoms with Crippen LogP contribution in [-0.2, 0) is 6.42 Å². The summed E-state index contributed by atoms with van der Waals surface area (Å²) >= 11 is 0. The predicted octanol–water partition coefficient (Wildman–Crippen LogP) is 1.56. The summed E-state index contributed by atoms with van der Waals surface area (Å²) in [5.74, 6) is 0.879. The molecule has 1 unspecified atom stereocenters. The van der Waals surface area contributed by atoms with Crippen molar-refractivity contribution in [3.63, 3.8) is 0 Å². The summed E-state index contributed by atoms with van der Waals surface area (Å²) in [6.07, 6.45) is 2.85. The molecule has 0 fully saturated rings. The number of benzene rings is 1. The minimum atomic E-state index is 0.390. The van der Waals surface area contributed by atoms with Gasteiger partial charge in [-0.3, -0.25) is 0 Å². The van der Waals surface area contributed by atoms with Gasteiger partial charge in [0.2, 0.25) is 0 Å². The van der Waals surface area contributed by atoms with Crippen molar-refractivity contribution in [2.24, 2.45) is 5.10 Å². The molecule has 1 aliphatic heterocycles. The first-order chi connectivity index (χ1) is 6.79. The second-order valence-electron chi connectivity index (χ2n) is 3.56. The van der Waals surface area contributed by atoms with Crippen LogP contribution in [0.3, 0.4) is 0 Å². The number of hydrazone groups is 1. The summed E-state index contributed by atoms with van der Waals surface area (Å²) in [4.78, 5) is 0. The SMILES string of the molecule is COc1ccc2c(c1)C=NNC(C)C2. The van der Waals surface area contributed by atoms with Crippen LogP contribution in [0.25, 0.3) is 0 Å². The number of ether oxygens (including phenoxy) is 1. The van der Waals surface area contributed by atoms with Crippen molar-refractivity contribution >= 4 is 6.21 Å². The van der Waals surface area contributed by atoms with Gasteiger partial charge in [-0.05, 0) is 31.0 Å². The van der Waals surface area contributed by atoms with Crippen molar-refractivity contribution in [1.82, 2.24) is 5.43 Å². The quantitative estimate of drug-likeness (QED) is 0.729. The molecule has 0 saturated carbocycles. The van der Waals surface area contributed by atoms with Crippen molar-refractivity contribution in [1.29, 1.82) is 0 Å². The maximum absolute atomic E-state index is 5.17. The maximum atomic E-state index is 5.17. The highest BCUT2D eigenvalue weighted by molar-refractivity contribution is 5.82. The third-order valence-electron chi connectivity index (χ3n) is 2.38. The molecule has 0 spiro atoms. The average Bonchev–Trinajstić information content (AvgIpc) is 2.37. The monoisotopic (exact) mass is 190 g/mol. The van der Waals surface area contributed by atoms with E-state index in [0.29, 0.717) is 6.04 Å². The van der Waals surface area contributed by atoms with Gasteiger partial charge >= 0.3 is 0 Å². The zero-order valence-electron chi connectivity index (χ0n) is 8.45. The minimum Gasteiger partial charge on any atom is -0.497 e. The molecule has 1 atom stereocenters. The first-order valence-corrected chi connectivity index (χ1v) is 4.75. The van der Waals surface area contributed by atoms with E-state index < -0.39 is 0 Å². The average molecular weight is 190 g/mol. The van der Waals surface area contributed by atoms with E-state index in [2.05, 4.69) is 23.5 Å². The largest absolute Gasteiger partial charge is 0.497 e. The van der Waals surface area contributed by atoms with E-state index in [0.717, 1.165) is 17.7 Å².